The molecule has 130 valence electrons. The number of rotatable bonds is 3. The minimum absolute atomic E-state index is 0.123. The fraction of sp³-hybridized carbons (Fsp3) is 0.105. The first-order valence-electron chi connectivity index (χ1n) is 7.85. The van der Waals surface area contributed by atoms with Gasteiger partial charge < -0.3 is 4.74 Å². The van der Waals surface area contributed by atoms with Crippen LogP contribution in [0, 0.1) is 0 Å². The van der Waals surface area contributed by atoms with Crippen LogP contribution in [0.5, 0.6) is 0 Å². The molecule has 0 saturated carbocycles. The maximum Gasteiger partial charge on any atom is 0.310 e. The van der Waals surface area contributed by atoms with Crippen LogP contribution in [0.3, 0.4) is 0 Å². The van der Waals surface area contributed by atoms with Gasteiger partial charge >= 0.3 is 5.97 Å². The maximum absolute atomic E-state index is 11.9. The average molecular weight is 386 g/mol. The van der Waals surface area contributed by atoms with Crippen molar-refractivity contribution >= 4 is 51.0 Å². The Bertz CT molecular complexity index is 1150. The van der Waals surface area contributed by atoms with Crippen LogP contribution in [0.15, 0.2) is 42.6 Å². The van der Waals surface area contributed by atoms with Gasteiger partial charge in [0, 0.05) is 21.4 Å². The van der Waals surface area contributed by atoms with Crippen molar-refractivity contribution in [2.75, 3.05) is 7.11 Å². The standard InChI is InChI=1S/C19H13Cl2N3O2/c1-26-18(25)7-10-6-17(12-3-2-11(20)8-14(12)21)23-16-5-4-15-13(19(10)16)9-22-24-15/h2-6,8-9H,7H2,1H3,(H,22,24). The monoisotopic (exact) mass is 385 g/mol. The van der Waals surface area contributed by atoms with E-state index in [2.05, 4.69) is 10.2 Å². The number of carbonyl (C=O) groups excluding carboxylic acids is 1. The molecule has 0 atom stereocenters. The van der Waals surface area contributed by atoms with Gasteiger partial charge in [0.15, 0.2) is 0 Å². The number of carbonyl (C=O) groups is 1. The number of ether oxygens (including phenoxy) is 1. The van der Waals surface area contributed by atoms with Gasteiger partial charge in [0.25, 0.3) is 0 Å². The van der Waals surface area contributed by atoms with E-state index in [1.54, 1.807) is 18.3 Å². The van der Waals surface area contributed by atoms with Gasteiger partial charge in [0.05, 0.1) is 41.5 Å². The molecule has 0 aliphatic rings. The zero-order valence-electron chi connectivity index (χ0n) is 13.7. The van der Waals surface area contributed by atoms with Crippen LogP contribution < -0.4 is 0 Å². The normalized spacial score (nSPS) is 11.2. The van der Waals surface area contributed by atoms with Gasteiger partial charge in [-0.15, -0.1) is 0 Å². The van der Waals surface area contributed by atoms with Crippen molar-refractivity contribution in [3.05, 3.63) is 58.2 Å². The molecular formula is C19H13Cl2N3O2. The molecule has 2 heterocycles. The first-order chi connectivity index (χ1) is 12.6. The maximum atomic E-state index is 11.9. The highest BCUT2D eigenvalue weighted by Crippen LogP contribution is 2.34. The van der Waals surface area contributed by atoms with E-state index in [1.165, 1.54) is 7.11 Å². The summed E-state index contributed by atoms with van der Waals surface area (Å²) < 4.78 is 4.86. The Morgan fingerprint density at radius 3 is 2.81 bits per heavy atom. The fourth-order valence-corrected chi connectivity index (χ4v) is 3.54. The molecule has 4 aromatic rings. The minimum atomic E-state index is -0.328. The summed E-state index contributed by atoms with van der Waals surface area (Å²) in [6.45, 7) is 0. The summed E-state index contributed by atoms with van der Waals surface area (Å²) in [5, 5.41) is 9.85. The lowest BCUT2D eigenvalue weighted by molar-refractivity contribution is -0.139. The third kappa shape index (κ3) is 2.89. The first-order valence-corrected chi connectivity index (χ1v) is 8.60. The van der Waals surface area contributed by atoms with E-state index in [4.69, 9.17) is 32.9 Å². The number of nitrogens with one attached hydrogen (secondary N) is 1. The van der Waals surface area contributed by atoms with Gasteiger partial charge in [-0.25, -0.2) is 4.98 Å². The number of hydrogen-bond donors (Lipinski definition) is 1. The molecule has 2 aromatic heterocycles. The first kappa shape index (κ1) is 16.8. The number of fused-ring (bicyclic) bond motifs is 3. The Kier molecular flexibility index (Phi) is 4.26. The molecule has 2 aromatic carbocycles. The molecule has 0 bridgehead atoms. The van der Waals surface area contributed by atoms with E-state index in [0.717, 1.165) is 32.9 Å². The second-order valence-corrected chi connectivity index (χ2v) is 6.68. The van der Waals surface area contributed by atoms with E-state index in [9.17, 15) is 4.79 Å². The van der Waals surface area contributed by atoms with E-state index in [-0.39, 0.29) is 12.4 Å². The van der Waals surface area contributed by atoms with E-state index in [0.29, 0.717) is 15.7 Å². The number of aromatic nitrogens is 3. The van der Waals surface area contributed by atoms with Crippen LogP contribution in [0.2, 0.25) is 10.0 Å². The highest BCUT2D eigenvalue weighted by Gasteiger charge is 2.16. The van der Waals surface area contributed by atoms with Crippen molar-refractivity contribution in [1.29, 1.82) is 0 Å². The highest BCUT2D eigenvalue weighted by molar-refractivity contribution is 6.36. The van der Waals surface area contributed by atoms with Crippen LogP contribution in [0.1, 0.15) is 5.56 Å². The van der Waals surface area contributed by atoms with Gasteiger partial charge in [-0.3, -0.25) is 9.89 Å². The Hall–Kier alpha value is -2.63. The lowest BCUT2D eigenvalue weighted by Crippen LogP contribution is -2.06. The van der Waals surface area contributed by atoms with Crippen molar-refractivity contribution in [2.24, 2.45) is 0 Å². The number of esters is 1. The number of hydrogen-bond acceptors (Lipinski definition) is 4. The zero-order chi connectivity index (χ0) is 18.3. The summed E-state index contributed by atoms with van der Waals surface area (Å²) in [7, 11) is 1.37. The summed E-state index contributed by atoms with van der Waals surface area (Å²) in [4.78, 5) is 16.7. The molecule has 4 rings (SSSR count). The summed E-state index contributed by atoms with van der Waals surface area (Å²) >= 11 is 12.3. The van der Waals surface area contributed by atoms with Crippen molar-refractivity contribution < 1.29 is 9.53 Å². The lowest BCUT2D eigenvalue weighted by Gasteiger charge is -2.11. The van der Waals surface area contributed by atoms with E-state index in [1.807, 2.05) is 24.3 Å². The number of methoxy groups -OCH3 is 1. The second-order valence-electron chi connectivity index (χ2n) is 5.83. The number of aromatic amines is 1. The summed E-state index contributed by atoms with van der Waals surface area (Å²) in [5.41, 5.74) is 3.84. The Morgan fingerprint density at radius 1 is 1.19 bits per heavy atom. The Balaban J connectivity index is 2.01. The van der Waals surface area contributed by atoms with Gasteiger partial charge in [-0.05, 0) is 42.0 Å². The predicted octanol–water partition coefficient (Wildman–Crippen LogP) is 4.80. The molecule has 7 heteroatoms. The van der Waals surface area contributed by atoms with Crippen molar-refractivity contribution in [2.45, 2.75) is 6.42 Å². The molecule has 5 nitrogen and oxygen atoms in total. The van der Waals surface area contributed by atoms with Crippen LogP contribution in [-0.2, 0) is 16.0 Å². The third-order valence-corrected chi connectivity index (χ3v) is 4.79. The lowest BCUT2D eigenvalue weighted by atomic mass is 9.99. The molecule has 0 fully saturated rings. The number of H-pyrrole nitrogens is 1. The van der Waals surface area contributed by atoms with Gasteiger partial charge in [-0.1, -0.05) is 23.2 Å². The van der Waals surface area contributed by atoms with Crippen LogP contribution in [-0.4, -0.2) is 28.3 Å². The number of halogens is 2. The van der Waals surface area contributed by atoms with Crippen LogP contribution in [0.4, 0.5) is 0 Å². The number of pyridine rings is 1. The molecule has 0 radical (unpaired) electrons. The fourth-order valence-electron chi connectivity index (χ4n) is 3.04. The molecule has 0 amide bonds. The minimum Gasteiger partial charge on any atom is -0.469 e. The molecule has 0 saturated heterocycles. The average Bonchev–Trinajstić information content (AvgIpc) is 3.10. The van der Waals surface area contributed by atoms with Crippen molar-refractivity contribution in [1.82, 2.24) is 15.2 Å². The van der Waals surface area contributed by atoms with Crippen molar-refractivity contribution in [3.63, 3.8) is 0 Å². The molecule has 0 aliphatic heterocycles. The smallest absolute Gasteiger partial charge is 0.310 e. The number of nitrogens with zero attached hydrogens (tertiary/aromatic N) is 2. The molecular weight excluding hydrogens is 373 g/mol. The molecule has 0 spiro atoms. The SMILES string of the molecule is COC(=O)Cc1cc(-c2ccc(Cl)cc2Cl)nc2ccc3[nH]ncc3c12. The topological polar surface area (TPSA) is 67.9 Å². The Morgan fingerprint density at radius 2 is 2.04 bits per heavy atom. The van der Waals surface area contributed by atoms with Crippen molar-refractivity contribution in [3.8, 4) is 11.3 Å². The van der Waals surface area contributed by atoms with Gasteiger partial charge in [-0.2, -0.15) is 5.10 Å². The van der Waals surface area contributed by atoms with Crippen LogP contribution >= 0.6 is 23.2 Å². The number of benzene rings is 2. The van der Waals surface area contributed by atoms with Gasteiger partial charge in [0.1, 0.15) is 0 Å². The molecule has 1 N–H and O–H groups in total. The van der Waals surface area contributed by atoms with Crippen LogP contribution in [0.25, 0.3) is 33.1 Å². The van der Waals surface area contributed by atoms with E-state index < -0.39 is 0 Å². The summed E-state index contributed by atoms with van der Waals surface area (Å²) in [6, 6.07) is 10.9. The van der Waals surface area contributed by atoms with E-state index >= 15 is 0 Å². The highest BCUT2D eigenvalue weighted by atomic mass is 35.5. The Labute approximate surface area is 158 Å². The van der Waals surface area contributed by atoms with Gasteiger partial charge in [0.2, 0.25) is 0 Å². The third-order valence-electron chi connectivity index (χ3n) is 4.24. The quantitative estimate of drug-likeness (QED) is 0.514. The summed E-state index contributed by atoms with van der Waals surface area (Å²) in [5.74, 6) is -0.328. The molecule has 0 unspecified atom stereocenters. The second kappa shape index (κ2) is 6.59. The zero-order valence-corrected chi connectivity index (χ0v) is 15.2. The predicted molar refractivity (Wildman–Crippen MR) is 103 cm³/mol. The molecule has 26 heavy (non-hydrogen) atoms. The molecule has 0 aliphatic carbocycles. The summed E-state index contributed by atoms with van der Waals surface area (Å²) in [6.07, 6.45) is 1.85. The largest absolute Gasteiger partial charge is 0.469 e.